The fourth-order valence-corrected chi connectivity index (χ4v) is 1.89. The second-order valence-corrected chi connectivity index (χ2v) is 4.54. The van der Waals surface area contributed by atoms with E-state index in [1.54, 1.807) is 12.1 Å². The maximum Gasteiger partial charge on any atom is 0.270 e. The van der Waals surface area contributed by atoms with E-state index in [1.807, 2.05) is 37.3 Å². The first-order valence-corrected chi connectivity index (χ1v) is 6.21. The summed E-state index contributed by atoms with van der Waals surface area (Å²) in [6.07, 6.45) is 2.32. The SMILES string of the molecule is CC(Cc1ccccc1)NC(=O)c1cc(N)ccn1. The van der Waals surface area contributed by atoms with Gasteiger partial charge in [0, 0.05) is 17.9 Å². The molecule has 0 aliphatic rings. The van der Waals surface area contributed by atoms with E-state index in [-0.39, 0.29) is 11.9 Å². The molecule has 0 bridgehead atoms. The van der Waals surface area contributed by atoms with E-state index in [4.69, 9.17) is 5.73 Å². The van der Waals surface area contributed by atoms with Crippen LogP contribution >= 0.6 is 0 Å². The van der Waals surface area contributed by atoms with Crippen LogP contribution in [0.4, 0.5) is 5.69 Å². The third-order valence-corrected chi connectivity index (χ3v) is 2.78. The maximum atomic E-state index is 12.0. The zero-order valence-corrected chi connectivity index (χ0v) is 10.8. The van der Waals surface area contributed by atoms with Crippen LogP contribution in [0.5, 0.6) is 0 Å². The van der Waals surface area contributed by atoms with Gasteiger partial charge in [0.15, 0.2) is 0 Å². The van der Waals surface area contributed by atoms with Gasteiger partial charge >= 0.3 is 0 Å². The summed E-state index contributed by atoms with van der Waals surface area (Å²) in [5, 5.41) is 2.91. The van der Waals surface area contributed by atoms with Gasteiger partial charge < -0.3 is 11.1 Å². The molecular formula is C15H17N3O. The van der Waals surface area contributed by atoms with Crippen molar-refractivity contribution in [2.75, 3.05) is 5.73 Å². The lowest BCUT2D eigenvalue weighted by Gasteiger charge is -2.13. The van der Waals surface area contributed by atoms with Crippen LogP contribution in [0.1, 0.15) is 23.0 Å². The molecule has 1 aromatic carbocycles. The number of hydrogen-bond donors (Lipinski definition) is 2. The van der Waals surface area contributed by atoms with Crippen molar-refractivity contribution in [1.82, 2.24) is 10.3 Å². The summed E-state index contributed by atoms with van der Waals surface area (Å²) in [6.45, 7) is 1.97. The molecule has 2 aromatic rings. The number of nitrogens with two attached hydrogens (primary N) is 1. The molecule has 0 radical (unpaired) electrons. The number of nitrogens with zero attached hydrogens (tertiary/aromatic N) is 1. The second-order valence-electron chi connectivity index (χ2n) is 4.54. The number of nitrogen functional groups attached to an aromatic ring is 1. The topological polar surface area (TPSA) is 68.0 Å². The van der Waals surface area contributed by atoms with Gasteiger partial charge in [-0.3, -0.25) is 9.78 Å². The number of amides is 1. The van der Waals surface area contributed by atoms with Crippen molar-refractivity contribution in [3.8, 4) is 0 Å². The van der Waals surface area contributed by atoms with Gasteiger partial charge in [0.25, 0.3) is 5.91 Å². The van der Waals surface area contributed by atoms with Crippen LogP contribution in [0.3, 0.4) is 0 Å². The van der Waals surface area contributed by atoms with Crippen LogP contribution in [0.15, 0.2) is 48.7 Å². The van der Waals surface area contributed by atoms with Gasteiger partial charge in [-0.25, -0.2) is 0 Å². The van der Waals surface area contributed by atoms with Crippen molar-refractivity contribution in [2.24, 2.45) is 0 Å². The van der Waals surface area contributed by atoms with Crippen LogP contribution in [-0.4, -0.2) is 16.9 Å². The average Bonchev–Trinajstić information content (AvgIpc) is 2.39. The minimum atomic E-state index is -0.198. The van der Waals surface area contributed by atoms with Crippen LogP contribution in [-0.2, 0) is 6.42 Å². The monoisotopic (exact) mass is 255 g/mol. The van der Waals surface area contributed by atoms with E-state index in [0.29, 0.717) is 11.4 Å². The Labute approximate surface area is 112 Å². The van der Waals surface area contributed by atoms with Gasteiger partial charge in [-0.05, 0) is 31.0 Å². The molecule has 1 heterocycles. The predicted molar refractivity (Wildman–Crippen MR) is 75.7 cm³/mol. The second kappa shape index (κ2) is 6.00. The molecule has 0 saturated carbocycles. The van der Waals surface area contributed by atoms with E-state index in [1.165, 1.54) is 11.8 Å². The molecule has 1 atom stereocenters. The average molecular weight is 255 g/mol. The van der Waals surface area contributed by atoms with E-state index >= 15 is 0 Å². The lowest BCUT2D eigenvalue weighted by Crippen LogP contribution is -2.34. The van der Waals surface area contributed by atoms with E-state index in [2.05, 4.69) is 10.3 Å². The Balaban J connectivity index is 1.95. The molecule has 4 nitrogen and oxygen atoms in total. The molecule has 1 amide bonds. The van der Waals surface area contributed by atoms with Crippen LogP contribution in [0.25, 0.3) is 0 Å². The number of benzene rings is 1. The lowest BCUT2D eigenvalue weighted by atomic mass is 10.1. The lowest BCUT2D eigenvalue weighted by molar-refractivity contribution is 0.0935. The fraction of sp³-hybridized carbons (Fsp3) is 0.200. The van der Waals surface area contributed by atoms with Gasteiger partial charge in [-0.1, -0.05) is 30.3 Å². The first-order chi connectivity index (χ1) is 9.15. The highest BCUT2D eigenvalue weighted by Crippen LogP contribution is 2.05. The molecular weight excluding hydrogens is 238 g/mol. The van der Waals surface area contributed by atoms with Crippen molar-refractivity contribution >= 4 is 11.6 Å². The van der Waals surface area contributed by atoms with Gasteiger partial charge in [-0.2, -0.15) is 0 Å². The number of carbonyl (C=O) groups excluding carboxylic acids is 1. The first-order valence-electron chi connectivity index (χ1n) is 6.21. The number of hydrogen-bond acceptors (Lipinski definition) is 3. The van der Waals surface area contributed by atoms with Crippen molar-refractivity contribution < 1.29 is 4.79 Å². The summed E-state index contributed by atoms with van der Waals surface area (Å²) in [6, 6.07) is 13.3. The maximum absolute atomic E-state index is 12.0. The summed E-state index contributed by atoms with van der Waals surface area (Å²) < 4.78 is 0. The minimum absolute atomic E-state index is 0.0399. The number of anilines is 1. The van der Waals surface area contributed by atoms with Gasteiger partial charge in [0.1, 0.15) is 5.69 Å². The van der Waals surface area contributed by atoms with Crippen molar-refractivity contribution in [2.45, 2.75) is 19.4 Å². The molecule has 19 heavy (non-hydrogen) atoms. The quantitative estimate of drug-likeness (QED) is 0.878. The van der Waals surface area contributed by atoms with E-state index in [0.717, 1.165) is 6.42 Å². The van der Waals surface area contributed by atoms with E-state index < -0.39 is 0 Å². The summed E-state index contributed by atoms with van der Waals surface area (Å²) in [4.78, 5) is 16.0. The molecule has 0 aliphatic heterocycles. The molecule has 1 unspecified atom stereocenters. The number of carbonyl (C=O) groups is 1. The van der Waals surface area contributed by atoms with Crippen molar-refractivity contribution in [3.63, 3.8) is 0 Å². The number of pyridine rings is 1. The summed E-state index contributed by atoms with van der Waals surface area (Å²) in [5.41, 5.74) is 7.71. The highest BCUT2D eigenvalue weighted by Gasteiger charge is 2.11. The molecule has 1 aromatic heterocycles. The Morgan fingerprint density at radius 1 is 1.32 bits per heavy atom. The number of nitrogens with one attached hydrogen (secondary N) is 1. The molecule has 0 aliphatic carbocycles. The summed E-state index contributed by atoms with van der Waals surface area (Å²) >= 11 is 0. The zero-order chi connectivity index (χ0) is 13.7. The minimum Gasteiger partial charge on any atom is -0.399 e. The smallest absolute Gasteiger partial charge is 0.270 e. The molecule has 0 spiro atoms. The Morgan fingerprint density at radius 2 is 2.05 bits per heavy atom. The van der Waals surface area contributed by atoms with Crippen molar-refractivity contribution in [3.05, 3.63) is 59.9 Å². The highest BCUT2D eigenvalue weighted by molar-refractivity contribution is 5.93. The molecule has 98 valence electrons. The third-order valence-electron chi connectivity index (χ3n) is 2.78. The largest absolute Gasteiger partial charge is 0.399 e. The molecule has 4 heteroatoms. The van der Waals surface area contributed by atoms with Crippen molar-refractivity contribution in [1.29, 1.82) is 0 Å². The molecule has 3 N–H and O–H groups in total. The Morgan fingerprint density at radius 3 is 2.74 bits per heavy atom. The third kappa shape index (κ3) is 3.81. The van der Waals surface area contributed by atoms with Crippen LogP contribution < -0.4 is 11.1 Å². The summed E-state index contributed by atoms with van der Waals surface area (Å²) in [5.74, 6) is -0.198. The number of aromatic nitrogens is 1. The first kappa shape index (κ1) is 13.1. The highest BCUT2D eigenvalue weighted by atomic mass is 16.1. The summed E-state index contributed by atoms with van der Waals surface area (Å²) in [7, 11) is 0. The van der Waals surface area contributed by atoms with Gasteiger partial charge in [0.2, 0.25) is 0 Å². The zero-order valence-electron chi connectivity index (χ0n) is 10.8. The van der Waals surface area contributed by atoms with Gasteiger partial charge in [0.05, 0.1) is 0 Å². The normalized spacial score (nSPS) is 11.8. The van der Waals surface area contributed by atoms with Crippen LogP contribution in [0.2, 0.25) is 0 Å². The molecule has 0 fully saturated rings. The van der Waals surface area contributed by atoms with Gasteiger partial charge in [-0.15, -0.1) is 0 Å². The Kier molecular flexibility index (Phi) is 4.13. The molecule has 2 rings (SSSR count). The van der Waals surface area contributed by atoms with E-state index in [9.17, 15) is 4.79 Å². The number of rotatable bonds is 4. The standard InChI is InChI=1S/C15H17N3O/c1-11(9-12-5-3-2-4-6-12)18-15(19)14-10-13(16)7-8-17-14/h2-8,10-11H,9H2,1H3,(H2,16,17)(H,18,19). The molecule has 0 saturated heterocycles. The predicted octanol–water partition coefficient (Wildman–Crippen LogP) is 2.02. The van der Waals surface area contributed by atoms with Crippen LogP contribution in [0, 0.1) is 0 Å². The Hall–Kier alpha value is -2.36. The Bertz CT molecular complexity index is 554. The fourth-order valence-electron chi connectivity index (χ4n) is 1.89.